The maximum atomic E-state index is 5.93. The summed E-state index contributed by atoms with van der Waals surface area (Å²) in [7, 11) is 0. The number of halogens is 1. The van der Waals surface area contributed by atoms with Gasteiger partial charge >= 0.3 is 0 Å². The normalized spacial score (nSPS) is 10.7. The fourth-order valence-corrected chi connectivity index (χ4v) is 3.62. The molecule has 0 N–H and O–H groups in total. The lowest BCUT2D eigenvalue weighted by molar-refractivity contribution is 0.287. The second-order valence-electron chi connectivity index (χ2n) is 5.77. The number of aromatic nitrogens is 3. The highest BCUT2D eigenvalue weighted by molar-refractivity contribution is 9.10. The Balaban J connectivity index is 1.70. The summed E-state index contributed by atoms with van der Waals surface area (Å²) in [6.45, 7) is 6.91. The Hall–Kier alpha value is -2.05. The predicted octanol–water partition coefficient (Wildman–Crippen LogP) is 5.41. The predicted molar refractivity (Wildman–Crippen MR) is 109 cm³/mol. The van der Waals surface area contributed by atoms with Gasteiger partial charge in [0.25, 0.3) is 0 Å². The second-order valence-corrected chi connectivity index (χ2v) is 7.63. The molecule has 0 aliphatic rings. The molecule has 6 heteroatoms. The first kappa shape index (κ1) is 18.7. The summed E-state index contributed by atoms with van der Waals surface area (Å²) in [6.07, 6.45) is 1.85. The van der Waals surface area contributed by atoms with Crippen LogP contribution in [0.3, 0.4) is 0 Å². The van der Waals surface area contributed by atoms with E-state index >= 15 is 0 Å². The molecule has 0 unspecified atom stereocenters. The second kappa shape index (κ2) is 9.05. The molecule has 0 spiro atoms. The number of thioether (sulfide) groups is 1. The van der Waals surface area contributed by atoms with Crippen molar-refractivity contribution in [3.63, 3.8) is 0 Å². The number of hydrogen-bond donors (Lipinski definition) is 0. The monoisotopic (exact) mass is 429 g/mol. The molecule has 3 aromatic rings. The van der Waals surface area contributed by atoms with E-state index in [2.05, 4.69) is 49.4 Å². The van der Waals surface area contributed by atoms with Crippen molar-refractivity contribution in [2.45, 2.75) is 31.0 Å². The van der Waals surface area contributed by atoms with Gasteiger partial charge in [0.15, 0.2) is 11.0 Å². The van der Waals surface area contributed by atoms with Crippen LogP contribution >= 0.6 is 27.7 Å². The van der Waals surface area contributed by atoms with E-state index in [0.717, 1.165) is 32.5 Å². The first-order valence-corrected chi connectivity index (χ1v) is 10.0. The summed E-state index contributed by atoms with van der Waals surface area (Å²) in [6, 6.07) is 16.3. The molecule has 1 aromatic heterocycles. The van der Waals surface area contributed by atoms with Crippen LogP contribution in [-0.4, -0.2) is 14.8 Å². The van der Waals surface area contributed by atoms with Crippen LogP contribution in [0.2, 0.25) is 0 Å². The van der Waals surface area contributed by atoms with Crippen molar-refractivity contribution in [2.75, 3.05) is 0 Å². The van der Waals surface area contributed by atoms with Crippen molar-refractivity contribution in [3.8, 4) is 5.75 Å². The number of ether oxygens (including phenoxy) is 1. The standard InChI is InChI=1S/C20H20BrN3OS/c1-3-12-24-19(13-25-18-7-5-4-6-15(18)2)22-23-20(24)26-14-16-8-10-17(21)11-9-16/h3-11H,1,12-14H2,2H3. The summed E-state index contributed by atoms with van der Waals surface area (Å²) >= 11 is 5.12. The Labute approximate surface area is 166 Å². The van der Waals surface area contributed by atoms with Crippen LogP contribution in [0.1, 0.15) is 17.0 Å². The SMILES string of the molecule is C=CCn1c(COc2ccccc2C)nnc1SCc1ccc(Br)cc1. The fourth-order valence-electron chi connectivity index (χ4n) is 2.43. The zero-order valence-electron chi connectivity index (χ0n) is 14.6. The van der Waals surface area contributed by atoms with E-state index in [9.17, 15) is 0 Å². The highest BCUT2D eigenvalue weighted by Gasteiger charge is 2.13. The maximum absolute atomic E-state index is 5.93. The number of hydrogen-bond acceptors (Lipinski definition) is 4. The zero-order chi connectivity index (χ0) is 18.4. The van der Waals surface area contributed by atoms with E-state index in [1.54, 1.807) is 11.8 Å². The average Bonchev–Trinajstić information content (AvgIpc) is 3.03. The van der Waals surface area contributed by atoms with Gasteiger partial charge in [-0.15, -0.1) is 16.8 Å². The summed E-state index contributed by atoms with van der Waals surface area (Å²) in [5.74, 6) is 2.50. The molecule has 26 heavy (non-hydrogen) atoms. The summed E-state index contributed by atoms with van der Waals surface area (Å²) in [4.78, 5) is 0. The lowest BCUT2D eigenvalue weighted by Crippen LogP contribution is -2.08. The Morgan fingerprint density at radius 2 is 1.92 bits per heavy atom. The van der Waals surface area contributed by atoms with Crippen molar-refractivity contribution in [3.05, 3.63) is 82.6 Å². The maximum Gasteiger partial charge on any atom is 0.191 e. The van der Waals surface area contributed by atoms with Crippen molar-refractivity contribution in [2.24, 2.45) is 0 Å². The van der Waals surface area contributed by atoms with Gasteiger partial charge in [0.1, 0.15) is 12.4 Å². The van der Waals surface area contributed by atoms with Crippen molar-refractivity contribution >= 4 is 27.7 Å². The van der Waals surface area contributed by atoms with Crippen LogP contribution in [0.4, 0.5) is 0 Å². The van der Waals surface area contributed by atoms with Gasteiger partial charge in [-0.1, -0.05) is 64.1 Å². The van der Waals surface area contributed by atoms with E-state index in [-0.39, 0.29) is 0 Å². The molecular formula is C20H20BrN3OS. The number of nitrogens with zero attached hydrogens (tertiary/aromatic N) is 3. The van der Waals surface area contributed by atoms with E-state index in [1.165, 1.54) is 5.56 Å². The minimum Gasteiger partial charge on any atom is -0.485 e. The molecule has 0 bridgehead atoms. The zero-order valence-corrected chi connectivity index (χ0v) is 17.0. The molecule has 0 saturated heterocycles. The summed E-state index contributed by atoms with van der Waals surface area (Å²) < 4.78 is 9.06. The number of benzene rings is 2. The van der Waals surface area contributed by atoms with Crippen molar-refractivity contribution in [1.29, 1.82) is 0 Å². The molecule has 0 aliphatic carbocycles. The van der Waals surface area contributed by atoms with Gasteiger partial charge in [-0.25, -0.2) is 0 Å². The molecule has 0 radical (unpaired) electrons. The molecule has 0 amide bonds. The van der Waals surface area contributed by atoms with Crippen LogP contribution in [0.25, 0.3) is 0 Å². The lowest BCUT2D eigenvalue weighted by Gasteiger charge is -2.10. The third kappa shape index (κ3) is 4.77. The lowest BCUT2D eigenvalue weighted by atomic mass is 10.2. The van der Waals surface area contributed by atoms with Gasteiger partial charge in [-0.2, -0.15) is 0 Å². The smallest absolute Gasteiger partial charge is 0.191 e. The largest absolute Gasteiger partial charge is 0.485 e. The van der Waals surface area contributed by atoms with E-state index in [1.807, 2.05) is 49.4 Å². The Bertz CT molecular complexity index is 877. The first-order valence-electron chi connectivity index (χ1n) is 8.26. The minimum absolute atomic E-state index is 0.380. The average molecular weight is 430 g/mol. The first-order chi connectivity index (χ1) is 12.7. The third-order valence-corrected chi connectivity index (χ3v) is 5.40. The topological polar surface area (TPSA) is 39.9 Å². The van der Waals surface area contributed by atoms with Crippen LogP contribution in [0.15, 0.2) is 70.8 Å². The molecule has 0 fully saturated rings. The minimum atomic E-state index is 0.380. The van der Waals surface area contributed by atoms with Gasteiger partial charge in [0.2, 0.25) is 0 Å². The summed E-state index contributed by atoms with van der Waals surface area (Å²) in [5.41, 5.74) is 2.34. The van der Waals surface area contributed by atoms with Gasteiger partial charge < -0.3 is 4.74 Å². The molecule has 134 valence electrons. The highest BCUT2D eigenvalue weighted by atomic mass is 79.9. The van der Waals surface area contributed by atoms with Crippen LogP contribution < -0.4 is 4.74 Å². The quantitative estimate of drug-likeness (QED) is 0.354. The molecule has 0 aliphatic heterocycles. The van der Waals surface area contributed by atoms with Crippen LogP contribution in [0, 0.1) is 6.92 Å². The fraction of sp³-hybridized carbons (Fsp3) is 0.200. The molecule has 0 atom stereocenters. The van der Waals surface area contributed by atoms with Crippen molar-refractivity contribution < 1.29 is 4.74 Å². The number of aryl methyl sites for hydroxylation is 1. The Kier molecular flexibility index (Phi) is 6.52. The third-order valence-electron chi connectivity index (χ3n) is 3.84. The van der Waals surface area contributed by atoms with E-state index < -0.39 is 0 Å². The van der Waals surface area contributed by atoms with Crippen molar-refractivity contribution in [1.82, 2.24) is 14.8 Å². The van der Waals surface area contributed by atoms with E-state index in [0.29, 0.717) is 13.2 Å². The Morgan fingerprint density at radius 3 is 2.65 bits per heavy atom. The Morgan fingerprint density at radius 1 is 1.15 bits per heavy atom. The number of allylic oxidation sites excluding steroid dienone is 1. The van der Waals surface area contributed by atoms with Crippen LogP contribution in [-0.2, 0) is 18.9 Å². The highest BCUT2D eigenvalue weighted by Crippen LogP contribution is 2.24. The molecule has 1 heterocycles. The molecule has 2 aromatic carbocycles. The molecular weight excluding hydrogens is 410 g/mol. The van der Waals surface area contributed by atoms with Gasteiger partial charge in [-0.05, 0) is 36.2 Å². The molecule has 4 nitrogen and oxygen atoms in total. The number of rotatable bonds is 8. The van der Waals surface area contributed by atoms with Gasteiger partial charge in [0.05, 0.1) is 0 Å². The number of para-hydroxylation sites is 1. The van der Waals surface area contributed by atoms with Gasteiger partial charge in [0, 0.05) is 16.8 Å². The molecule has 3 rings (SSSR count). The van der Waals surface area contributed by atoms with Gasteiger partial charge in [-0.3, -0.25) is 4.57 Å². The van der Waals surface area contributed by atoms with Crippen LogP contribution in [0.5, 0.6) is 5.75 Å². The summed E-state index contributed by atoms with van der Waals surface area (Å²) in [5, 5.41) is 9.53. The van der Waals surface area contributed by atoms with E-state index in [4.69, 9.17) is 4.74 Å². The molecule has 0 saturated carbocycles.